The zero-order chi connectivity index (χ0) is 15.6. The molecule has 2 aromatic carbocycles. The quantitative estimate of drug-likeness (QED) is 0.582. The summed E-state index contributed by atoms with van der Waals surface area (Å²) in [4.78, 5) is 12.0. The van der Waals surface area contributed by atoms with E-state index in [0.717, 1.165) is 21.8 Å². The molecular formula is C14H10F3IN2O. The summed E-state index contributed by atoms with van der Waals surface area (Å²) in [7, 11) is 0. The Bertz CT molecular complexity index is 669. The van der Waals surface area contributed by atoms with E-state index in [1.165, 1.54) is 0 Å². The molecule has 0 aromatic heterocycles. The van der Waals surface area contributed by atoms with E-state index in [4.69, 9.17) is 5.73 Å². The highest BCUT2D eigenvalue weighted by Crippen LogP contribution is 2.31. The van der Waals surface area contributed by atoms with Crippen molar-refractivity contribution in [1.29, 1.82) is 0 Å². The minimum Gasteiger partial charge on any atom is -0.398 e. The van der Waals surface area contributed by atoms with Crippen LogP contribution in [0.25, 0.3) is 0 Å². The van der Waals surface area contributed by atoms with Crippen LogP contribution in [0.2, 0.25) is 0 Å². The summed E-state index contributed by atoms with van der Waals surface area (Å²) in [6.45, 7) is 0. The molecule has 0 unspecified atom stereocenters. The van der Waals surface area contributed by atoms with Crippen LogP contribution in [0.15, 0.2) is 42.5 Å². The normalized spacial score (nSPS) is 11.2. The molecule has 7 heteroatoms. The van der Waals surface area contributed by atoms with Crippen molar-refractivity contribution in [2.24, 2.45) is 0 Å². The lowest BCUT2D eigenvalue weighted by Gasteiger charge is -2.11. The number of anilines is 2. The van der Waals surface area contributed by atoms with Crippen molar-refractivity contribution < 1.29 is 18.0 Å². The Hall–Kier alpha value is -1.77. The van der Waals surface area contributed by atoms with Gasteiger partial charge in [-0.3, -0.25) is 4.79 Å². The second-order valence-electron chi connectivity index (χ2n) is 4.26. The number of nitrogens with one attached hydrogen (secondary N) is 1. The zero-order valence-electron chi connectivity index (χ0n) is 10.5. The molecule has 0 fully saturated rings. The number of hydrogen-bond donors (Lipinski definition) is 2. The topological polar surface area (TPSA) is 55.1 Å². The van der Waals surface area contributed by atoms with Crippen molar-refractivity contribution in [1.82, 2.24) is 0 Å². The molecule has 2 aromatic rings. The predicted molar refractivity (Wildman–Crippen MR) is 83.0 cm³/mol. The standard InChI is InChI=1S/C14H10F3IN2O/c15-14(16,17)8-1-6-12(19)11(7-8)13(21)20-10-4-2-9(18)3-5-10/h1-7H,19H2,(H,20,21). The number of rotatable bonds is 2. The summed E-state index contributed by atoms with van der Waals surface area (Å²) < 4.78 is 39.0. The Morgan fingerprint density at radius 3 is 2.29 bits per heavy atom. The SMILES string of the molecule is Nc1ccc(C(F)(F)F)cc1C(=O)Nc1ccc(I)cc1. The number of halogens is 4. The highest BCUT2D eigenvalue weighted by molar-refractivity contribution is 14.1. The van der Waals surface area contributed by atoms with Gasteiger partial charge in [0.15, 0.2) is 0 Å². The maximum absolute atomic E-state index is 12.7. The fourth-order valence-corrected chi connectivity index (χ4v) is 2.02. The summed E-state index contributed by atoms with van der Waals surface area (Å²) in [5.41, 5.74) is 4.94. The molecule has 0 bridgehead atoms. The molecule has 2 rings (SSSR count). The maximum Gasteiger partial charge on any atom is 0.416 e. The molecule has 0 heterocycles. The zero-order valence-corrected chi connectivity index (χ0v) is 12.7. The van der Waals surface area contributed by atoms with Crippen molar-refractivity contribution in [3.8, 4) is 0 Å². The predicted octanol–water partition coefficient (Wildman–Crippen LogP) is 4.14. The van der Waals surface area contributed by atoms with Gasteiger partial charge in [0.25, 0.3) is 5.91 Å². The number of hydrogen-bond acceptors (Lipinski definition) is 2. The van der Waals surface area contributed by atoms with Gasteiger partial charge in [-0.25, -0.2) is 0 Å². The maximum atomic E-state index is 12.7. The van der Waals surface area contributed by atoms with E-state index in [0.29, 0.717) is 5.69 Å². The van der Waals surface area contributed by atoms with Gasteiger partial charge in [0.2, 0.25) is 0 Å². The average molecular weight is 406 g/mol. The Balaban J connectivity index is 2.28. The van der Waals surface area contributed by atoms with Crippen molar-refractivity contribution >= 4 is 39.9 Å². The Kier molecular flexibility index (Phi) is 4.40. The number of amides is 1. The molecule has 0 saturated carbocycles. The number of benzene rings is 2. The molecule has 1 amide bonds. The van der Waals surface area contributed by atoms with Crippen LogP contribution in [-0.2, 0) is 6.18 Å². The number of alkyl halides is 3. The van der Waals surface area contributed by atoms with Crippen LogP contribution in [0.5, 0.6) is 0 Å². The first-order chi connectivity index (χ1) is 9.77. The molecule has 0 saturated heterocycles. The van der Waals surface area contributed by atoms with Gasteiger partial charge in [-0.2, -0.15) is 13.2 Å². The molecule has 0 spiro atoms. The minimum absolute atomic E-state index is 0.00832. The summed E-state index contributed by atoms with van der Waals surface area (Å²) in [5.74, 6) is -0.681. The van der Waals surface area contributed by atoms with Crippen molar-refractivity contribution in [2.75, 3.05) is 11.1 Å². The van der Waals surface area contributed by atoms with Gasteiger partial charge in [0.1, 0.15) is 0 Å². The second kappa shape index (κ2) is 5.92. The fraction of sp³-hybridized carbons (Fsp3) is 0.0714. The Labute approximate surface area is 132 Å². The van der Waals surface area contributed by atoms with Gasteiger partial charge in [-0.05, 0) is 65.1 Å². The monoisotopic (exact) mass is 406 g/mol. The minimum atomic E-state index is -4.52. The van der Waals surface area contributed by atoms with Gasteiger partial charge >= 0.3 is 6.18 Å². The largest absolute Gasteiger partial charge is 0.416 e. The smallest absolute Gasteiger partial charge is 0.398 e. The van der Waals surface area contributed by atoms with Gasteiger partial charge < -0.3 is 11.1 Å². The van der Waals surface area contributed by atoms with Gasteiger partial charge in [-0.1, -0.05) is 0 Å². The summed E-state index contributed by atoms with van der Waals surface area (Å²) in [5, 5.41) is 2.52. The molecular weight excluding hydrogens is 396 g/mol. The van der Waals surface area contributed by atoms with Crippen molar-refractivity contribution in [3.63, 3.8) is 0 Å². The molecule has 0 atom stereocenters. The number of carbonyl (C=O) groups excluding carboxylic acids is 1. The third kappa shape index (κ3) is 3.87. The lowest BCUT2D eigenvalue weighted by Crippen LogP contribution is -2.16. The van der Waals surface area contributed by atoms with Crippen LogP contribution in [0.1, 0.15) is 15.9 Å². The highest BCUT2D eigenvalue weighted by Gasteiger charge is 2.31. The summed E-state index contributed by atoms with van der Waals surface area (Å²) >= 11 is 2.10. The first kappa shape index (κ1) is 15.6. The second-order valence-corrected chi connectivity index (χ2v) is 5.51. The van der Waals surface area contributed by atoms with Crippen LogP contribution in [-0.4, -0.2) is 5.91 Å². The molecule has 0 aliphatic carbocycles. The fourth-order valence-electron chi connectivity index (χ4n) is 1.66. The van der Waals surface area contributed by atoms with E-state index in [9.17, 15) is 18.0 Å². The average Bonchev–Trinajstić information content (AvgIpc) is 2.40. The molecule has 3 nitrogen and oxygen atoms in total. The third-order valence-electron chi connectivity index (χ3n) is 2.73. The molecule has 21 heavy (non-hydrogen) atoms. The van der Waals surface area contributed by atoms with Crippen LogP contribution in [0.4, 0.5) is 24.5 Å². The van der Waals surface area contributed by atoms with Crippen LogP contribution >= 0.6 is 22.6 Å². The lowest BCUT2D eigenvalue weighted by atomic mass is 10.1. The highest BCUT2D eigenvalue weighted by atomic mass is 127. The van der Waals surface area contributed by atoms with E-state index in [1.807, 2.05) is 0 Å². The molecule has 3 N–H and O–H groups in total. The first-order valence-electron chi connectivity index (χ1n) is 5.81. The molecule has 0 aliphatic rings. The Morgan fingerprint density at radius 2 is 1.71 bits per heavy atom. The first-order valence-corrected chi connectivity index (χ1v) is 6.89. The molecule has 110 valence electrons. The van der Waals surface area contributed by atoms with Crippen molar-refractivity contribution in [2.45, 2.75) is 6.18 Å². The number of nitrogens with two attached hydrogens (primary N) is 1. The summed E-state index contributed by atoms with van der Waals surface area (Å²) in [6.07, 6.45) is -4.52. The molecule has 0 aliphatic heterocycles. The van der Waals surface area contributed by atoms with E-state index in [2.05, 4.69) is 27.9 Å². The van der Waals surface area contributed by atoms with E-state index in [-0.39, 0.29) is 11.3 Å². The van der Waals surface area contributed by atoms with Gasteiger partial charge in [0, 0.05) is 14.9 Å². The van der Waals surface area contributed by atoms with Crippen LogP contribution < -0.4 is 11.1 Å². The summed E-state index contributed by atoms with van der Waals surface area (Å²) in [6, 6.07) is 9.52. The van der Waals surface area contributed by atoms with E-state index in [1.54, 1.807) is 24.3 Å². The van der Waals surface area contributed by atoms with E-state index < -0.39 is 17.6 Å². The van der Waals surface area contributed by atoms with Gasteiger partial charge in [-0.15, -0.1) is 0 Å². The van der Waals surface area contributed by atoms with E-state index >= 15 is 0 Å². The number of nitrogen functional groups attached to an aromatic ring is 1. The lowest BCUT2D eigenvalue weighted by molar-refractivity contribution is -0.137. The molecule has 0 radical (unpaired) electrons. The van der Waals surface area contributed by atoms with Crippen LogP contribution in [0, 0.1) is 3.57 Å². The van der Waals surface area contributed by atoms with Crippen molar-refractivity contribution in [3.05, 3.63) is 57.2 Å². The third-order valence-corrected chi connectivity index (χ3v) is 3.45. The van der Waals surface area contributed by atoms with Gasteiger partial charge in [0.05, 0.1) is 11.1 Å². The number of carbonyl (C=O) groups is 1. The Morgan fingerprint density at radius 1 is 1.10 bits per heavy atom. The van der Waals surface area contributed by atoms with Crippen LogP contribution in [0.3, 0.4) is 0 Å².